The Morgan fingerprint density at radius 3 is 1.62 bits per heavy atom. The van der Waals surface area contributed by atoms with Crippen LogP contribution in [0.15, 0.2) is 0 Å². The lowest BCUT2D eigenvalue weighted by Crippen LogP contribution is -2.11. The van der Waals surface area contributed by atoms with E-state index < -0.39 is 0 Å². The van der Waals surface area contributed by atoms with Crippen molar-refractivity contribution in [3.63, 3.8) is 0 Å². The maximum atomic E-state index is 11.6. The molecular formula is C32H62O2. The molecular weight excluding hydrogens is 416 g/mol. The SMILES string of the molecule is CCCCCCCCC1CCCCCC(=O)C1.CCCCCCCCCCCCCCC(C)=O. The summed E-state index contributed by atoms with van der Waals surface area (Å²) in [7, 11) is 0. The molecule has 1 saturated carbocycles. The molecule has 0 bridgehead atoms. The van der Waals surface area contributed by atoms with E-state index in [0.29, 0.717) is 17.5 Å². The summed E-state index contributed by atoms with van der Waals surface area (Å²) in [5.74, 6) is 1.59. The third-order valence-electron chi connectivity index (χ3n) is 7.43. The number of carbonyl (C=O) groups is 2. The summed E-state index contributed by atoms with van der Waals surface area (Å²) in [5, 5.41) is 0. The Bertz CT molecular complexity index is 442. The highest BCUT2D eigenvalue weighted by Crippen LogP contribution is 2.25. The standard InChI is InChI=1S/C16H30O.C16H32O/c1-2-3-4-5-6-8-11-15-12-9-7-10-13-16(17)14-15;1-3-4-5-6-7-8-9-10-11-12-13-14-15-16(2)17/h15H,2-14H2,1H3;3-15H2,1-2H3. The number of hydrogen-bond acceptors (Lipinski definition) is 2. The Balaban J connectivity index is 0.000000641. The minimum Gasteiger partial charge on any atom is -0.300 e. The number of carbonyl (C=O) groups excluding carboxylic acids is 2. The molecule has 0 aromatic rings. The first-order valence-electron chi connectivity index (χ1n) is 15.6. The molecule has 202 valence electrons. The highest BCUT2D eigenvalue weighted by Gasteiger charge is 2.15. The van der Waals surface area contributed by atoms with Gasteiger partial charge in [0.1, 0.15) is 11.6 Å². The Kier molecular flexibility index (Phi) is 26.4. The van der Waals surface area contributed by atoms with Gasteiger partial charge in [-0.2, -0.15) is 0 Å². The summed E-state index contributed by atoms with van der Waals surface area (Å²) in [6, 6.07) is 0. The summed E-state index contributed by atoms with van der Waals surface area (Å²) in [6.45, 7) is 6.23. The van der Waals surface area contributed by atoms with Crippen molar-refractivity contribution in [2.24, 2.45) is 5.92 Å². The Morgan fingerprint density at radius 1 is 0.647 bits per heavy atom. The lowest BCUT2D eigenvalue weighted by molar-refractivity contribution is -0.120. The third kappa shape index (κ3) is 26.0. The van der Waals surface area contributed by atoms with Crippen LogP contribution in [0.1, 0.15) is 188 Å². The van der Waals surface area contributed by atoms with Crippen molar-refractivity contribution in [1.29, 1.82) is 0 Å². The molecule has 1 aliphatic carbocycles. The maximum absolute atomic E-state index is 11.6. The fraction of sp³-hybridized carbons (Fsp3) is 0.938. The first kappa shape index (κ1) is 33.3. The van der Waals surface area contributed by atoms with Crippen LogP contribution in [0.25, 0.3) is 0 Å². The molecule has 0 amide bonds. The van der Waals surface area contributed by atoms with Crippen LogP contribution in [0.4, 0.5) is 0 Å². The van der Waals surface area contributed by atoms with Gasteiger partial charge >= 0.3 is 0 Å². The summed E-state index contributed by atoms with van der Waals surface area (Å²) >= 11 is 0. The first-order chi connectivity index (χ1) is 16.6. The zero-order valence-electron chi connectivity index (χ0n) is 23.8. The van der Waals surface area contributed by atoms with E-state index in [4.69, 9.17) is 0 Å². The van der Waals surface area contributed by atoms with Gasteiger partial charge in [0.2, 0.25) is 0 Å². The van der Waals surface area contributed by atoms with E-state index in [1.54, 1.807) is 6.92 Å². The van der Waals surface area contributed by atoms with E-state index in [1.165, 1.54) is 135 Å². The number of Topliss-reactive ketones (excluding diaryl/α,β-unsaturated/α-hetero) is 2. The molecule has 1 unspecified atom stereocenters. The Morgan fingerprint density at radius 2 is 1.12 bits per heavy atom. The average molecular weight is 479 g/mol. The highest BCUT2D eigenvalue weighted by atomic mass is 16.1. The van der Waals surface area contributed by atoms with Crippen molar-refractivity contribution in [3.8, 4) is 0 Å². The van der Waals surface area contributed by atoms with Gasteiger partial charge in [-0.05, 0) is 25.7 Å². The van der Waals surface area contributed by atoms with Gasteiger partial charge < -0.3 is 4.79 Å². The smallest absolute Gasteiger partial charge is 0.133 e. The van der Waals surface area contributed by atoms with Crippen LogP contribution >= 0.6 is 0 Å². The highest BCUT2D eigenvalue weighted by molar-refractivity contribution is 5.78. The molecule has 1 atom stereocenters. The second-order valence-electron chi connectivity index (χ2n) is 11.1. The van der Waals surface area contributed by atoms with Crippen LogP contribution in [-0.4, -0.2) is 11.6 Å². The second kappa shape index (κ2) is 26.9. The fourth-order valence-electron chi connectivity index (χ4n) is 5.13. The van der Waals surface area contributed by atoms with Gasteiger partial charge in [-0.3, -0.25) is 4.79 Å². The lowest BCUT2D eigenvalue weighted by atomic mass is 9.87. The molecule has 0 saturated heterocycles. The number of ketones is 2. The van der Waals surface area contributed by atoms with Crippen molar-refractivity contribution < 1.29 is 9.59 Å². The molecule has 0 N–H and O–H groups in total. The normalized spacial score (nSPS) is 16.4. The van der Waals surface area contributed by atoms with Gasteiger partial charge in [-0.25, -0.2) is 0 Å². The first-order valence-corrected chi connectivity index (χ1v) is 15.6. The van der Waals surface area contributed by atoms with Crippen LogP contribution in [-0.2, 0) is 9.59 Å². The molecule has 0 radical (unpaired) electrons. The fourth-order valence-corrected chi connectivity index (χ4v) is 5.13. The van der Waals surface area contributed by atoms with Crippen LogP contribution in [0.2, 0.25) is 0 Å². The number of rotatable bonds is 20. The van der Waals surface area contributed by atoms with E-state index >= 15 is 0 Å². The van der Waals surface area contributed by atoms with Crippen LogP contribution < -0.4 is 0 Å². The van der Waals surface area contributed by atoms with Crippen molar-refractivity contribution >= 4 is 11.6 Å². The molecule has 1 aliphatic rings. The van der Waals surface area contributed by atoms with Gasteiger partial charge in [-0.15, -0.1) is 0 Å². The largest absolute Gasteiger partial charge is 0.300 e. The molecule has 1 rings (SSSR count). The predicted octanol–water partition coefficient (Wildman–Crippen LogP) is 10.9. The average Bonchev–Trinajstić information content (AvgIpc) is 2.80. The molecule has 0 spiro atoms. The van der Waals surface area contributed by atoms with Crippen molar-refractivity contribution in [3.05, 3.63) is 0 Å². The van der Waals surface area contributed by atoms with Crippen molar-refractivity contribution in [2.45, 2.75) is 188 Å². The van der Waals surface area contributed by atoms with Gasteiger partial charge in [0.15, 0.2) is 0 Å². The molecule has 0 aromatic heterocycles. The van der Waals surface area contributed by atoms with E-state index in [2.05, 4.69) is 13.8 Å². The van der Waals surface area contributed by atoms with E-state index in [0.717, 1.165) is 32.1 Å². The van der Waals surface area contributed by atoms with Crippen LogP contribution in [0.3, 0.4) is 0 Å². The van der Waals surface area contributed by atoms with Crippen molar-refractivity contribution in [1.82, 2.24) is 0 Å². The van der Waals surface area contributed by atoms with Gasteiger partial charge in [0.25, 0.3) is 0 Å². The van der Waals surface area contributed by atoms with Crippen molar-refractivity contribution in [2.75, 3.05) is 0 Å². The molecule has 1 fully saturated rings. The minimum absolute atomic E-state index is 0.345. The molecule has 2 heteroatoms. The van der Waals surface area contributed by atoms with Crippen LogP contribution in [0, 0.1) is 5.92 Å². The molecule has 2 nitrogen and oxygen atoms in total. The van der Waals surface area contributed by atoms with Gasteiger partial charge in [0.05, 0.1) is 0 Å². The minimum atomic E-state index is 0.345. The molecule has 34 heavy (non-hydrogen) atoms. The van der Waals surface area contributed by atoms with E-state index in [9.17, 15) is 9.59 Å². The summed E-state index contributed by atoms with van der Waals surface area (Å²) < 4.78 is 0. The molecule has 0 aromatic carbocycles. The van der Waals surface area contributed by atoms with Gasteiger partial charge in [-0.1, -0.05) is 149 Å². The van der Waals surface area contributed by atoms with Crippen LogP contribution in [0.5, 0.6) is 0 Å². The number of unbranched alkanes of at least 4 members (excludes halogenated alkanes) is 16. The molecule has 0 aliphatic heterocycles. The van der Waals surface area contributed by atoms with Gasteiger partial charge in [0, 0.05) is 19.3 Å². The lowest BCUT2D eigenvalue weighted by Gasteiger charge is -2.18. The zero-order valence-corrected chi connectivity index (χ0v) is 23.8. The molecule has 0 heterocycles. The summed E-state index contributed by atoms with van der Waals surface area (Å²) in [5.41, 5.74) is 0. The quantitative estimate of drug-likeness (QED) is 0.163. The third-order valence-corrected chi connectivity index (χ3v) is 7.43. The van der Waals surface area contributed by atoms with E-state index in [-0.39, 0.29) is 0 Å². The Hall–Kier alpha value is -0.660. The maximum Gasteiger partial charge on any atom is 0.133 e. The number of hydrogen-bond donors (Lipinski definition) is 0. The summed E-state index contributed by atoms with van der Waals surface area (Å²) in [6.07, 6.45) is 33.5. The zero-order chi connectivity index (χ0) is 25.1. The van der Waals surface area contributed by atoms with E-state index in [1.807, 2.05) is 0 Å². The summed E-state index contributed by atoms with van der Waals surface area (Å²) in [4.78, 5) is 22.3. The second-order valence-corrected chi connectivity index (χ2v) is 11.1. The topological polar surface area (TPSA) is 34.1 Å². The Labute approximate surface area is 214 Å². The monoisotopic (exact) mass is 478 g/mol. The predicted molar refractivity (Wildman–Crippen MR) is 151 cm³/mol.